The van der Waals surface area contributed by atoms with Gasteiger partial charge in [0.15, 0.2) is 0 Å². The van der Waals surface area contributed by atoms with E-state index in [2.05, 4.69) is 34.3 Å². The van der Waals surface area contributed by atoms with E-state index in [9.17, 15) is 4.79 Å². The van der Waals surface area contributed by atoms with E-state index in [4.69, 9.17) is 4.42 Å². The van der Waals surface area contributed by atoms with Crippen molar-refractivity contribution in [1.29, 1.82) is 0 Å². The Hall–Kier alpha value is -3.31. The number of benzene rings is 2. The lowest BCUT2D eigenvalue weighted by atomic mass is 10.0. The molecule has 2 heterocycles. The highest BCUT2D eigenvalue weighted by Crippen LogP contribution is 2.25. The molecule has 3 aromatic rings. The molecule has 0 saturated carbocycles. The molecule has 1 saturated heterocycles. The number of carbonyl (C=O) groups excluding carboxylic acids is 1. The van der Waals surface area contributed by atoms with E-state index in [0.717, 1.165) is 43.0 Å². The largest absolute Gasteiger partial charge is 0.464 e. The van der Waals surface area contributed by atoms with Crippen molar-refractivity contribution in [2.45, 2.75) is 6.92 Å². The van der Waals surface area contributed by atoms with Crippen molar-refractivity contribution in [2.24, 2.45) is 0 Å². The number of aryl methyl sites for hydroxylation is 1. The van der Waals surface area contributed by atoms with Gasteiger partial charge in [0.05, 0.1) is 6.26 Å². The van der Waals surface area contributed by atoms with Gasteiger partial charge in [0.2, 0.25) is 5.91 Å². The number of amides is 1. The van der Waals surface area contributed by atoms with Gasteiger partial charge in [0, 0.05) is 49.2 Å². The summed E-state index contributed by atoms with van der Waals surface area (Å²) < 4.78 is 5.56. The Morgan fingerprint density at radius 3 is 2.30 bits per heavy atom. The topological polar surface area (TPSA) is 48.7 Å². The SMILES string of the molecule is Cc1ccc(C(=CC(=O)Nc2ccc(N3CCN(C)CC3)cc2)c2ccco2)cc1. The van der Waals surface area contributed by atoms with Gasteiger partial charge >= 0.3 is 0 Å². The van der Waals surface area contributed by atoms with Crippen LogP contribution in [0.15, 0.2) is 77.4 Å². The molecule has 5 heteroatoms. The summed E-state index contributed by atoms with van der Waals surface area (Å²) in [5, 5.41) is 2.97. The van der Waals surface area contributed by atoms with Crippen LogP contribution in [-0.4, -0.2) is 44.0 Å². The summed E-state index contributed by atoms with van der Waals surface area (Å²) in [5.41, 5.74) is 4.83. The van der Waals surface area contributed by atoms with Crippen molar-refractivity contribution in [3.8, 4) is 0 Å². The fraction of sp³-hybridized carbons (Fsp3) is 0.240. The van der Waals surface area contributed by atoms with Crippen LogP contribution in [-0.2, 0) is 4.79 Å². The predicted octanol–water partition coefficient (Wildman–Crippen LogP) is 4.41. The molecule has 0 radical (unpaired) electrons. The summed E-state index contributed by atoms with van der Waals surface area (Å²) in [6, 6.07) is 19.8. The van der Waals surface area contributed by atoms with E-state index in [1.165, 1.54) is 11.3 Å². The second kappa shape index (κ2) is 9.01. The lowest BCUT2D eigenvalue weighted by Gasteiger charge is -2.34. The number of likely N-dealkylation sites (N-methyl/N-ethyl adjacent to an activating group) is 1. The zero-order chi connectivity index (χ0) is 20.9. The molecule has 0 bridgehead atoms. The molecule has 4 rings (SSSR count). The summed E-state index contributed by atoms with van der Waals surface area (Å²) in [7, 11) is 2.15. The zero-order valence-electron chi connectivity index (χ0n) is 17.5. The average molecular weight is 402 g/mol. The Bertz CT molecular complexity index is 998. The molecule has 30 heavy (non-hydrogen) atoms. The molecule has 1 aliphatic rings. The highest BCUT2D eigenvalue weighted by molar-refractivity contribution is 6.05. The molecule has 0 aliphatic carbocycles. The number of hydrogen-bond donors (Lipinski definition) is 1. The summed E-state index contributed by atoms with van der Waals surface area (Å²) in [6.45, 7) is 6.22. The average Bonchev–Trinajstić information content (AvgIpc) is 3.29. The zero-order valence-corrected chi connectivity index (χ0v) is 17.5. The number of rotatable bonds is 5. The second-order valence-electron chi connectivity index (χ2n) is 7.73. The van der Waals surface area contributed by atoms with Crippen LogP contribution in [0.3, 0.4) is 0 Å². The third-order valence-corrected chi connectivity index (χ3v) is 5.43. The molecule has 0 unspecified atom stereocenters. The molecule has 0 spiro atoms. The van der Waals surface area contributed by atoms with Crippen molar-refractivity contribution in [1.82, 2.24) is 4.90 Å². The number of nitrogens with one attached hydrogen (secondary N) is 1. The van der Waals surface area contributed by atoms with Crippen molar-refractivity contribution >= 4 is 22.9 Å². The minimum atomic E-state index is -0.186. The van der Waals surface area contributed by atoms with E-state index in [1.807, 2.05) is 55.5 Å². The maximum Gasteiger partial charge on any atom is 0.249 e. The number of hydrogen-bond acceptors (Lipinski definition) is 4. The smallest absolute Gasteiger partial charge is 0.249 e. The van der Waals surface area contributed by atoms with Crippen molar-refractivity contribution < 1.29 is 9.21 Å². The van der Waals surface area contributed by atoms with Crippen LogP contribution < -0.4 is 10.2 Å². The lowest BCUT2D eigenvalue weighted by molar-refractivity contribution is -0.111. The summed E-state index contributed by atoms with van der Waals surface area (Å²) >= 11 is 0. The Balaban J connectivity index is 1.49. The monoisotopic (exact) mass is 401 g/mol. The number of furan rings is 1. The van der Waals surface area contributed by atoms with Gasteiger partial charge in [0.25, 0.3) is 0 Å². The molecule has 0 atom stereocenters. The van der Waals surface area contributed by atoms with Crippen LogP contribution in [0, 0.1) is 6.92 Å². The number of nitrogens with zero attached hydrogens (tertiary/aromatic N) is 2. The van der Waals surface area contributed by atoms with E-state index in [1.54, 1.807) is 12.3 Å². The number of carbonyl (C=O) groups is 1. The summed E-state index contributed by atoms with van der Waals surface area (Å²) in [6.07, 6.45) is 3.21. The fourth-order valence-corrected chi connectivity index (χ4v) is 3.59. The highest BCUT2D eigenvalue weighted by Gasteiger charge is 2.14. The van der Waals surface area contributed by atoms with Gasteiger partial charge in [-0.15, -0.1) is 0 Å². The Labute approximate surface area is 177 Å². The molecular weight excluding hydrogens is 374 g/mol. The fourth-order valence-electron chi connectivity index (χ4n) is 3.59. The molecule has 154 valence electrons. The van der Waals surface area contributed by atoms with Crippen LogP contribution in [0.5, 0.6) is 0 Å². The standard InChI is InChI=1S/C25H27N3O2/c1-19-5-7-20(8-6-19)23(24-4-3-17-30-24)18-25(29)26-21-9-11-22(12-10-21)28-15-13-27(2)14-16-28/h3-12,17-18H,13-16H2,1-2H3,(H,26,29). The third kappa shape index (κ3) is 4.81. The van der Waals surface area contributed by atoms with E-state index < -0.39 is 0 Å². The first-order chi connectivity index (χ1) is 14.6. The van der Waals surface area contributed by atoms with Crippen molar-refractivity contribution in [3.63, 3.8) is 0 Å². The molecular formula is C25H27N3O2. The van der Waals surface area contributed by atoms with E-state index in [0.29, 0.717) is 5.76 Å². The first kappa shape index (κ1) is 20.0. The molecule has 1 fully saturated rings. The number of piperazine rings is 1. The van der Waals surface area contributed by atoms with Crippen LogP contribution in [0.4, 0.5) is 11.4 Å². The molecule has 5 nitrogen and oxygen atoms in total. The summed E-state index contributed by atoms with van der Waals surface area (Å²) in [5.74, 6) is 0.480. The summed E-state index contributed by atoms with van der Waals surface area (Å²) in [4.78, 5) is 17.4. The Kier molecular flexibility index (Phi) is 6.00. The maximum absolute atomic E-state index is 12.7. The quantitative estimate of drug-likeness (QED) is 0.644. The van der Waals surface area contributed by atoms with E-state index >= 15 is 0 Å². The molecule has 1 aromatic heterocycles. The van der Waals surface area contributed by atoms with Gasteiger partial charge in [-0.25, -0.2) is 0 Å². The van der Waals surface area contributed by atoms with Crippen molar-refractivity contribution in [2.75, 3.05) is 43.4 Å². The predicted molar refractivity (Wildman–Crippen MR) is 122 cm³/mol. The minimum absolute atomic E-state index is 0.186. The van der Waals surface area contributed by atoms with E-state index in [-0.39, 0.29) is 5.91 Å². The Morgan fingerprint density at radius 2 is 1.67 bits per heavy atom. The first-order valence-electron chi connectivity index (χ1n) is 10.3. The van der Waals surface area contributed by atoms with Crippen LogP contribution in [0.2, 0.25) is 0 Å². The molecule has 2 aromatic carbocycles. The molecule has 1 N–H and O–H groups in total. The van der Waals surface area contributed by atoms with Gasteiger partial charge in [-0.05, 0) is 55.9 Å². The van der Waals surface area contributed by atoms with Gasteiger partial charge in [-0.2, -0.15) is 0 Å². The minimum Gasteiger partial charge on any atom is -0.464 e. The highest BCUT2D eigenvalue weighted by atomic mass is 16.3. The molecule has 1 amide bonds. The van der Waals surface area contributed by atoms with Crippen LogP contribution in [0.1, 0.15) is 16.9 Å². The van der Waals surface area contributed by atoms with Crippen LogP contribution in [0.25, 0.3) is 5.57 Å². The molecule has 1 aliphatic heterocycles. The van der Waals surface area contributed by atoms with Gasteiger partial charge in [-0.1, -0.05) is 29.8 Å². The second-order valence-corrected chi connectivity index (χ2v) is 7.73. The Morgan fingerprint density at radius 1 is 0.967 bits per heavy atom. The van der Waals surface area contributed by atoms with Crippen LogP contribution >= 0.6 is 0 Å². The van der Waals surface area contributed by atoms with Gasteiger partial charge < -0.3 is 19.5 Å². The lowest BCUT2D eigenvalue weighted by Crippen LogP contribution is -2.44. The van der Waals surface area contributed by atoms with Gasteiger partial charge in [-0.3, -0.25) is 4.79 Å². The van der Waals surface area contributed by atoms with Crippen molar-refractivity contribution in [3.05, 3.63) is 89.9 Å². The number of anilines is 2. The van der Waals surface area contributed by atoms with Gasteiger partial charge in [0.1, 0.15) is 5.76 Å². The normalized spacial score (nSPS) is 15.3. The first-order valence-corrected chi connectivity index (χ1v) is 10.3. The third-order valence-electron chi connectivity index (χ3n) is 5.43. The maximum atomic E-state index is 12.7.